The number of nitrogens with two attached hydrogens (primary N) is 1. The zero-order chi connectivity index (χ0) is 24.8. The van der Waals surface area contributed by atoms with E-state index in [9.17, 15) is 4.79 Å². The van der Waals surface area contributed by atoms with Crippen molar-refractivity contribution in [2.75, 3.05) is 40.2 Å². The smallest absolute Gasteiger partial charge is 0.293 e. The highest BCUT2D eigenvalue weighted by atomic mass is 16.6. The summed E-state index contributed by atoms with van der Waals surface area (Å²) < 4.78 is 22.2. The Kier molecular flexibility index (Phi) is 7.40. The van der Waals surface area contributed by atoms with Crippen LogP contribution in [-0.2, 0) is 6.54 Å². The maximum atomic E-state index is 13.0. The average molecular weight is 486 g/mol. The number of piperidine rings is 1. The van der Waals surface area contributed by atoms with Crippen LogP contribution < -0.4 is 25.4 Å². The van der Waals surface area contributed by atoms with E-state index in [0.717, 1.165) is 25.9 Å². The molecule has 1 aliphatic rings. The number of nitrogens with one attached hydrogen (secondary N) is 1. The maximum Gasteiger partial charge on any atom is 0.293 e. The largest absolute Gasteiger partial charge is 0.493 e. The van der Waals surface area contributed by atoms with Crippen LogP contribution in [0.3, 0.4) is 0 Å². The van der Waals surface area contributed by atoms with E-state index in [4.69, 9.17) is 24.6 Å². The van der Waals surface area contributed by atoms with Gasteiger partial charge in [0.1, 0.15) is 0 Å². The van der Waals surface area contributed by atoms with Crippen LogP contribution in [0.15, 0.2) is 21.9 Å². The predicted octanol–water partition coefficient (Wildman–Crippen LogP) is 1.01. The highest BCUT2D eigenvalue weighted by molar-refractivity contribution is 5.94. The highest BCUT2D eigenvalue weighted by Crippen LogP contribution is 2.39. The Labute approximate surface area is 201 Å². The molecule has 0 atom stereocenters. The normalized spacial score (nSPS) is 14.3. The Morgan fingerprint density at radius 3 is 2.57 bits per heavy atom. The number of methoxy groups -OCH3 is 3. The summed E-state index contributed by atoms with van der Waals surface area (Å²) in [5.41, 5.74) is 9.52. The Morgan fingerprint density at radius 1 is 1.14 bits per heavy atom. The van der Waals surface area contributed by atoms with Crippen LogP contribution in [0.5, 0.6) is 17.2 Å². The van der Waals surface area contributed by atoms with Crippen molar-refractivity contribution in [2.24, 2.45) is 5.10 Å². The number of benzene rings is 1. The molecule has 1 saturated heterocycles. The minimum Gasteiger partial charge on any atom is -0.493 e. The first-order valence-electron chi connectivity index (χ1n) is 10.9. The molecule has 1 fully saturated rings. The van der Waals surface area contributed by atoms with Gasteiger partial charge in [-0.1, -0.05) is 11.6 Å². The topological polar surface area (TPSA) is 168 Å². The zero-order valence-corrected chi connectivity index (χ0v) is 19.7. The second-order valence-electron chi connectivity index (χ2n) is 7.73. The van der Waals surface area contributed by atoms with Crippen molar-refractivity contribution in [3.05, 3.63) is 29.1 Å². The van der Waals surface area contributed by atoms with Crippen molar-refractivity contribution in [1.29, 1.82) is 0 Å². The second kappa shape index (κ2) is 10.8. The van der Waals surface area contributed by atoms with E-state index in [1.54, 1.807) is 12.1 Å². The highest BCUT2D eigenvalue weighted by Gasteiger charge is 2.26. The summed E-state index contributed by atoms with van der Waals surface area (Å²) >= 11 is 0. The van der Waals surface area contributed by atoms with E-state index in [-0.39, 0.29) is 17.3 Å². The number of ether oxygens (including phenoxy) is 3. The molecule has 1 aliphatic heterocycles. The van der Waals surface area contributed by atoms with Crippen molar-refractivity contribution >= 4 is 17.9 Å². The zero-order valence-electron chi connectivity index (χ0n) is 19.7. The molecule has 186 valence electrons. The van der Waals surface area contributed by atoms with Crippen molar-refractivity contribution in [3.63, 3.8) is 0 Å². The molecule has 0 aliphatic carbocycles. The molecule has 35 heavy (non-hydrogen) atoms. The number of hydrogen-bond donors (Lipinski definition) is 2. The Hall–Kier alpha value is -4.20. The number of hydrazone groups is 1. The predicted molar refractivity (Wildman–Crippen MR) is 124 cm³/mol. The molecule has 4 rings (SSSR count). The molecule has 0 bridgehead atoms. The van der Waals surface area contributed by atoms with Gasteiger partial charge in [0.2, 0.25) is 17.4 Å². The summed E-state index contributed by atoms with van der Waals surface area (Å²) in [6, 6.07) is 3.44. The maximum absolute atomic E-state index is 13.0. The summed E-state index contributed by atoms with van der Waals surface area (Å²) in [6.07, 6.45) is 4.77. The van der Waals surface area contributed by atoms with Crippen LogP contribution >= 0.6 is 0 Å². The summed E-state index contributed by atoms with van der Waals surface area (Å²) in [4.78, 5) is 15.2. The number of hydrogen-bond acceptors (Lipinski definition) is 12. The molecule has 2 aromatic heterocycles. The van der Waals surface area contributed by atoms with Crippen molar-refractivity contribution in [2.45, 2.75) is 25.8 Å². The van der Waals surface area contributed by atoms with Gasteiger partial charge in [-0.05, 0) is 48.4 Å². The quantitative estimate of drug-likeness (QED) is 0.328. The number of carbonyl (C=O) groups is 1. The van der Waals surface area contributed by atoms with Gasteiger partial charge in [0.25, 0.3) is 5.91 Å². The lowest BCUT2D eigenvalue weighted by molar-refractivity contribution is 0.0947. The second-order valence-corrected chi connectivity index (χ2v) is 7.73. The molecule has 3 heterocycles. The van der Waals surface area contributed by atoms with Gasteiger partial charge in [0, 0.05) is 12.1 Å². The van der Waals surface area contributed by atoms with Crippen LogP contribution in [0.4, 0.5) is 5.82 Å². The van der Waals surface area contributed by atoms with Gasteiger partial charge < -0.3 is 19.9 Å². The van der Waals surface area contributed by atoms with E-state index in [0.29, 0.717) is 35.1 Å². The third-order valence-corrected chi connectivity index (χ3v) is 5.60. The van der Waals surface area contributed by atoms with Gasteiger partial charge in [-0.3, -0.25) is 9.69 Å². The SMILES string of the molecule is COc1ccc(/C=N\NC(=O)c2nnn(-c3nonc3N)c2CN2CCCCC2)c(OC)c1OC. The fraction of sp³-hybridized carbons (Fsp3) is 0.429. The molecule has 14 heteroatoms. The molecule has 1 amide bonds. The number of amides is 1. The first-order valence-corrected chi connectivity index (χ1v) is 10.9. The van der Waals surface area contributed by atoms with Gasteiger partial charge in [-0.25, -0.2) is 10.1 Å². The molecule has 0 saturated carbocycles. The van der Waals surface area contributed by atoms with Crippen molar-refractivity contribution in [3.8, 4) is 23.1 Å². The van der Waals surface area contributed by atoms with Gasteiger partial charge in [-0.15, -0.1) is 5.10 Å². The molecule has 0 unspecified atom stereocenters. The minimum atomic E-state index is -0.547. The van der Waals surface area contributed by atoms with Crippen molar-refractivity contribution < 1.29 is 23.6 Å². The van der Waals surface area contributed by atoms with E-state index >= 15 is 0 Å². The Balaban J connectivity index is 1.58. The summed E-state index contributed by atoms with van der Waals surface area (Å²) in [7, 11) is 4.54. The lowest BCUT2D eigenvalue weighted by Gasteiger charge is -2.26. The number of carbonyl (C=O) groups excluding carboxylic acids is 1. The lowest BCUT2D eigenvalue weighted by Crippen LogP contribution is -2.31. The molecule has 3 aromatic rings. The molecule has 1 aromatic carbocycles. The third-order valence-electron chi connectivity index (χ3n) is 5.60. The first kappa shape index (κ1) is 23.9. The minimum absolute atomic E-state index is 0.0420. The number of rotatable bonds is 9. The summed E-state index contributed by atoms with van der Waals surface area (Å²) in [6.45, 7) is 2.22. The average Bonchev–Trinajstić information content (AvgIpc) is 3.49. The van der Waals surface area contributed by atoms with Crippen molar-refractivity contribution in [1.82, 2.24) is 35.6 Å². The van der Waals surface area contributed by atoms with Crippen LogP contribution in [0, 0.1) is 0 Å². The molecule has 0 radical (unpaired) electrons. The fourth-order valence-electron chi connectivity index (χ4n) is 3.90. The molecule has 3 N–H and O–H groups in total. The van der Waals surface area contributed by atoms with Gasteiger partial charge in [-0.2, -0.15) is 9.78 Å². The number of likely N-dealkylation sites (tertiary alicyclic amines) is 1. The van der Waals surface area contributed by atoms with E-state index in [1.807, 2.05) is 0 Å². The molecule has 14 nitrogen and oxygen atoms in total. The van der Waals surface area contributed by atoms with Gasteiger partial charge in [0.05, 0.1) is 33.2 Å². The fourth-order valence-corrected chi connectivity index (χ4v) is 3.90. The lowest BCUT2D eigenvalue weighted by atomic mass is 10.1. The Bertz CT molecular complexity index is 1200. The standard InChI is InChI=1S/C21H27N9O5/c1-32-15-8-7-13(17(33-2)18(15)34-3)11-23-25-21(31)16-14(12-29-9-5-4-6-10-29)30(28-24-16)20-19(22)26-35-27-20/h7-8,11H,4-6,9-10,12H2,1-3H3,(H2,22,26)(H,25,31)/b23-11-. The summed E-state index contributed by atoms with van der Waals surface area (Å²) in [5.74, 6) is 0.994. The van der Waals surface area contributed by atoms with E-state index < -0.39 is 5.91 Å². The number of nitrogens with zero attached hydrogens (tertiary/aromatic N) is 7. The molecular weight excluding hydrogens is 458 g/mol. The van der Waals surface area contributed by atoms with Crippen LogP contribution in [0.1, 0.15) is 41.0 Å². The summed E-state index contributed by atoms with van der Waals surface area (Å²) in [5, 5.41) is 19.6. The van der Waals surface area contributed by atoms with Gasteiger partial charge >= 0.3 is 0 Å². The number of nitrogen functional groups attached to an aromatic ring is 1. The molecule has 0 spiro atoms. The Morgan fingerprint density at radius 2 is 1.91 bits per heavy atom. The van der Waals surface area contributed by atoms with Gasteiger partial charge in [0.15, 0.2) is 17.2 Å². The third kappa shape index (κ3) is 5.01. The number of anilines is 1. The van der Waals surface area contributed by atoms with Crippen LogP contribution in [-0.4, -0.2) is 76.7 Å². The van der Waals surface area contributed by atoms with Crippen LogP contribution in [0.25, 0.3) is 5.82 Å². The van der Waals surface area contributed by atoms with Crippen LogP contribution in [0.2, 0.25) is 0 Å². The van der Waals surface area contributed by atoms with E-state index in [2.05, 4.69) is 36.1 Å². The monoisotopic (exact) mass is 485 g/mol. The molecular formula is C21H27N9O5. The van der Waals surface area contributed by atoms with E-state index in [1.165, 1.54) is 38.6 Å². The number of aromatic nitrogens is 5. The first-order chi connectivity index (χ1) is 17.1.